The van der Waals surface area contributed by atoms with Crippen molar-refractivity contribution in [1.29, 1.82) is 0 Å². The maximum Gasteiger partial charge on any atom is 0.435 e. The highest BCUT2D eigenvalue weighted by molar-refractivity contribution is 5.65. The molecule has 0 aliphatic rings. The lowest BCUT2D eigenvalue weighted by atomic mass is 10.1. The Bertz CT molecular complexity index is 558. The number of benzene rings is 1. The summed E-state index contributed by atoms with van der Waals surface area (Å²) in [5.41, 5.74) is 1.07. The SMILES string of the molecule is CNc1cccc(-c2cc(C(F)(F)F)nn2C)c1. The molecule has 0 spiro atoms. The van der Waals surface area contributed by atoms with Crippen molar-refractivity contribution < 1.29 is 13.2 Å². The Morgan fingerprint density at radius 3 is 2.50 bits per heavy atom. The number of aromatic nitrogens is 2. The van der Waals surface area contributed by atoms with E-state index in [9.17, 15) is 13.2 Å². The molecular formula is C12H12F3N3. The van der Waals surface area contributed by atoms with Crippen molar-refractivity contribution in [1.82, 2.24) is 9.78 Å². The molecule has 0 atom stereocenters. The summed E-state index contributed by atoms with van der Waals surface area (Å²) < 4.78 is 38.9. The van der Waals surface area contributed by atoms with E-state index in [1.807, 2.05) is 6.07 Å². The summed E-state index contributed by atoms with van der Waals surface area (Å²) in [5, 5.41) is 6.43. The number of nitrogens with zero attached hydrogens (tertiary/aromatic N) is 2. The minimum absolute atomic E-state index is 0.430. The first-order valence-corrected chi connectivity index (χ1v) is 5.31. The van der Waals surface area contributed by atoms with Crippen LogP contribution in [-0.4, -0.2) is 16.8 Å². The third-order valence-corrected chi connectivity index (χ3v) is 2.62. The van der Waals surface area contributed by atoms with Crippen LogP contribution in [0, 0.1) is 0 Å². The number of nitrogens with one attached hydrogen (secondary N) is 1. The van der Waals surface area contributed by atoms with Gasteiger partial charge in [0.1, 0.15) is 0 Å². The molecule has 1 heterocycles. The van der Waals surface area contributed by atoms with Crippen LogP contribution in [0.4, 0.5) is 18.9 Å². The number of halogens is 3. The summed E-state index contributed by atoms with van der Waals surface area (Å²) in [6, 6.07) is 8.19. The highest BCUT2D eigenvalue weighted by Gasteiger charge is 2.34. The van der Waals surface area contributed by atoms with Gasteiger partial charge in [-0.3, -0.25) is 4.68 Å². The number of hydrogen-bond donors (Lipinski definition) is 1. The van der Waals surface area contributed by atoms with E-state index >= 15 is 0 Å². The fourth-order valence-corrected chi connectivity index (χ4v) is 1.71. The van der Waals surface area contributed by atoms with E-state index in [2.05, 4.69) is 10.4 Å². The monoisotopic (exact) mass is 255 g/mol. The van der Waals surface area contributed by atoms with Gasteiger partial charge in [-0.1, -0.05) is 12.1 Å². The van der Waals surface area contributed by atoms with Crippen molar-refractivity contribution in [3.63, 3.8) is 0 Å². The number of anilines is 1. The second-order valence-electron chi connectivity index (χ2n) is 3.87. The number of aryl methyl sites for hydroxylation is 1. The summed E-state index contributed by atoms with van der Waals surface area (Å²) in [5.74, 6) is 0. The molecular weight excluding hydrogens is 243 g/mol. The normalized spacial score (nSPS) is 11.6. The van der Waals surface area contributed by atoms with Crippen LogP contribution in [0.3, 0.4) is 0 Å². The van der Waals surface area contributed by atoms with Crippen LogP contribution in [0.2, 0.25) is 0 Å². The van der Waals surface area contributed by atoms with Gasteiger partial charge >= 0.3 is 6.18 Å². The van der Waals surface area contributed by atoms with E-state index < -0.39 is 11.9 Å². The molecule has 0 unspecified atom stereocenters. The fraction of sp³-hybridized carbons (Fsp3) is 0.250. The quantitative estimate of drug-likeness (QED) is 0.893. The summed E-state index contributed by atoms with van der Waals surface area (Å²) in [6.07, 6.45) is -4.42. The molecule has 1 aromatic heterocycles. The van der Waals surface area contributed by atoms with Gasteiger partial charge in [0, 0.05) is 25.3 Å². The van der Waals surface area contributed by atoms with Gasteiger partial charge in [-0.05, 0) is 18.2 Å². The largest absolute Gasteiger partial charge is 0.435 e. The van der Waals surface area contributed by atoms with Crippen LogP contribution in [0.1, 0.15) is 5.69 Å². The topological polar surface area (TPSA) is 29.9 Å². The minimum atomic E-state index is -4.42. The third-order valence-electron chi connectivity index (χ3n) is 2.62. The molecule has 0 saturated heterocycles. The van der Waals surface area contributed by atoms with Gasteiger partial charge < -0.3 is 5.32 Å². The Morgan fingerprint density at radius 1 is 1.22 bits per heavy atom. The van der Waals surface area contributed by atoms with E-state index in [0.29, 0.717) is 11.3 Å². The Hall–Kier alpha value is -1.98. The summed E-state index contributed by atoms with van der Waals surface area (Å²) in [4.78, 5) is 0. The van der Waals surface area contributed by atoms with E-state index in [1.165, 1.54) is 11.7 Å². The van der Waals surface area contributed by atoms with Crippen LogP contribution < -0.4 is 5.32 Å². The molecule has 6 heteroatoms. The molecule has 0 amide bonds. The lowest BCUT2D eigenvalue weighted by Crippen LogP contribution is -2.06. The molecule has 0 bridgehead atoms. The number of rotatable bonds is 2. The summed E-state index contributed by atoms with van der Waals surface area (Å²) in [7, 11) is 3.25. The van der Waals surface area contributed by atoms with Crippen molar-refractivity contribution in [3.05, 3.63) is 36.0 Å². The molecule has 96 valence electrons. The Morgan fingerprint density at radius 2 is 1.94 bits per heavy atom. The molecule has 2 rings (SSSR count). The standard InChI is InChI=1S/C12H12F3N3/c1-16-9-5-3-4-8(6-9)10-7-11(12(13,14)15)17-18(10)2/h3-7,16H,1-2H3. The zero-order chi connectivity index (χ0) is 13.3. The van der Waals surface area contributed by atoms with Crippen LogP contribution in [0.25, 0.3) is 11.3 Å². The first kappa shape index (κ1) is 12.5. The molecule has 0 aliphatic heterocycles. The molecule has 18 heavy (non-hydrogen) atoms. The highest BCUT2D eigenvalue weighted by atomic mass is 19.4. The van der Waals surface area contributed by atoms with E-state index in [-0.39, 0.29) is 0 Å². The van der Waals surface area contributed by atoms with Gasteiger partial charge in [-0.15, -0.1) is 0 Å². The Labute approximate surface area is 102 Å². The lowest BCUT2D eigenvalue weighted by molar-refractivity contribution is -0.141. The van der Waals surface area contributed by atoms with Gasteiger partial charge in [0.05, 0.1) is 5.69 Å². The Kier molecular flexibility index (Phi) is 3.02. The maximum atomic E-state index is 12.6. The minimum Gasteiger partial charge on any atom is -0.388 e. The van der Waals surface area contributed by atoms with Gasteiger partial charge in [0.2, 0.25) is 0 Å². The van der Waals surface area contributed by atoms with Gasteiger partial charge in [-0.2, -0.15) is 18.3 Å². The predicted molar refractivity (Wildman–Crippen MR) is 63.2 cm³/mol. The first-order valence-electron chi connectivity index (χ1n) is 5.31. The average molecular weight is 255 g/mol. The zero-order valence-electron chi connectivity index (χ0n) is 9.92. The van der Waals surface area contributed by atoms with Crippen molar-refractivity contribution in [2.75, 3.05) is 12.4 Å². The van der Waals surface area contributed by atoms with Crippen molar-refractivity contribution in [2.24, 2.45) is 7.05 Å². The molecule has 0 radical (unpaired) electrons. The fourth-order valence-electron chi connectivity index (χ4n) is 1.71. The molecule has 0 fully saturated rings. The van der Waals surface area contributed by atoms with Gasteiger partial charge in [-0.25, -0.2) is 0 Å². The molecule has 1 N–H and O–H groups in total. The van der Waals surface area contributed by atoms with E-state index in [1.54, 1.807) is 25.2 Å². The van der Waals surface area contributed by atoms with Crippen molar-refractivity contribution in [2.45, 2.75) is 6.18 Å². The number of hydrogen-bond acceptors (Lipinski definition) is 2. The lowest BCUT2D eigenvalue weighted by Gasteiger charge is -2.04. The second-order valence-corrected chi connectivity index (χ2v) is 3.87. The van der Waals surface area contributed by atoms with Crippen molar-refractivity contribution >= 4 is 5.69 Å². The maximum absolute atomic E-state index is 12.6. The molecule has 0 aliphatic carbocycles. The van der Waals surface area contributed by atoms with Crippen LogP contribution in [0.5, 0.6) is 0 Å². The zero-order valence-corrected chi connectivity index (χ0v) is 9.92. The molecule has 0 saturated carbocycles. The van der Waals surface area contributed by atoms with Crippen LogP contribution >= 0.6 is 0 Å². The first-order chi connectivity index (χ1) is 8.41. The van der Waals surface area contributed by atoms with Crippen LogP contribution in [-0.2, 0) is 13.2 Å². The smallest absolute Gasteiger partial charge is 0.388 e. The summed E-state index contributed by atoms with van der Waals surface area (Å²) in [6.45, 7) is 0. The molecule has 2 aromatic rings. The van der Waals surface area contributed by atoms with E-state index in [0.717, 1.165) is 11.8 Å². The van der Waals surface area contributed by atoms with E-state index in [4.69, 9.17) is 0 Å². The Balaban J connectivity index is 2.47. The predicted octanol–water partition coefficient (Wildman–Crippen LogP) is 3.15. The van der Waals surface area contributed by atoms with Crippen molar-refractivity contribution in [3.8, 4) is 11.3 Å². The van der Waals surface area contributed by atoms with Gasteiger partial charge in [0.25, 0.3) is 0 Å². The number of alkyl halides is 3. The molecule has 3 nitrogen and oxygen atoms in total. The third kappa shape index (κ3) is 2.32. The summed E-state index contributed by atoms with van der Waals surface area (Å²) >= 11 is 0. The highest BCUT2D eigenvalue weighted by Crippen LogP contribution is 2.31. The van der Waals surface area contributed by atoms with Crippen LogP contribution in [0.15, 0.2) is 30.3 Å². The van der Waals surface area contributed by atoms with Gasteiger partial charge in [0.15, 0.2) is 5.69 Å². The second kappa shape index (κ2) is 4.36. The molecule has 1 aromatic carbocycles. The average Bonchev–Trinajstić information content (AvgIpc) is 2.71.